The molecule has 3 aliphatic carbocycles. The second-order valence-electron chi connectivity index (χ2n) is 4.52. The van der Waals surface area contributed by atoms with Crippen LogP contribution in [0, 0.1) is 10.8 Å². The minimum absolute atomic E-state index is 0.0936. The van der Waals surface area contributed by atoms with Gasteiger partial charge < -0.3 is 9.47 Å². The van der Waals surface area contributed by atoms with Gasteiger partial charge in [0.2, 0.25) is 0 Å². The first-order chi connectivity index (χ1) is 7.06. The predicted molar refractivity (Wildman–Crippen MR) is 56.6 cm³/mol. The summed E-state index contributed by atoms with van der Waals surface area (Å²) in [5.74, 6) is 4.99. The summed E-state index contributed by atoms with van der Waals surface area (Å²) >= 11 is 4.76. The second kappa shape index (κ2) is 3.31. The Morgan fingerprint density at radius 3 is 2.60 bits per heavy atom. The van der Waals surface area contributed by atoms with E-state index in [-0.39, 0.29) is 22.0 Å². The van der Waals surface area contributed by atoms with E-state index in [1.807, 2.05) is 0 Å². The number of hydrogen-bond donors (Lipinski definition) is 2. The van der Waals surface area contributed by atoms with Gasteiger partial charge in [-0.15, -0.1) is 0 Å². The van der Waals surface area contributed by atoms with E-state index < -0.39 is 0 Å². The SMILES string of the molecule is COC(=O)C12CC(COC(=S)NN)(C1)C2. The molecule has 15 heavy (non-hydrogen) atoms. The van der Waals surface area contributed by atoms with Crippen LogP contribution in [0.3, 0.4) is 0 Å². The van der Waals surface area contributed by atoms with Crippen LogP contribution in [0.2, 0.25) is 0 Å². The Labute approximate surface area is 93.3 Å². The number of hydrogen-bond acceptors (Lipinski definition) is 5. The van der Waals surface area contributed by atoms with Gasteiger partial charge in [0.1, 0.15) is 0 Å². The van der Waals surface area contributed by atoms with E-state index in [9.17, 15) is 4.79 Å². The molecule has 3 saturated carbocycles. The highest BCUT2D eigenvalue weighted by molar-refractivity contribution is 7.80. The third-order valence-corrected chi connectivity index (χ3v) is 3.62. The summed E-state index contributed by atoms with van der Waals surface area (Å²) in [7, 11) is 1.43. The number of ether oxygens (including phenoxy) is 2. The maximum absolute atomic E-state index is 11.4. The lowest BCUT2D eigenvalue weighted by Gasteiger charge is -2.67. The third-order valence-electron chi connectivity index (χ3n) is 3.39. The summed E-state index contributed by atoms with van der Waals surface area (Å²) in [6.45, 7) is 0.536. The highest BCUT2D eigenvalue weighted by Gasteiger charge is 2.72. The Kier molecular flexibility index (Phi) is 2.35. The van der Waals surface area contributed by atoms with E-state index >= 15 is 0 Å². The third kappa shape index (κ3) is 1.48. The topological polar surface area (TPSA) is 73.6 Å². The number of nitrogens with two attached hydrogens (primary N) is 1. The monoisotopic (exact) mass is 230 g/mol. The van der Waals surface area contributed by atoms with Crippen molar-refractivity contribution < 1.29 is 14.3 Å². The first-order valence-corrected chi connectivity index (χ1v) is 5.19. The van der Waals surface area contributed by atoms with Gasteiger partial charge in [-0.05, 0) is 31.5 Å². The Bertz CT molecular complexity index is 293. The molecule has 0 aromatic rings. The number of carbonyl (C=O) groups excluding carboxylic acids is 1. The number of carbonyl (C=O) groups is 1. The highest BCUT2D eigenvalue weighted by Crippen LogP contribution is 2.73. The van der Waals surface area contributed by atoms with Crippen LogP contribution in [0.25, 0.3) is 0 Å². The van der Waals surface area contributed by atoms with E-state index in [0.717, 1.165) is 19.3 Å². The van der Waals surface area contributed by atoms with Crippen LogP contribution >= 0.6 is 12.2 Å². The average Bonchev–Trinajstić information content (AvgIpc) is 2.12. The highest BCUT2D eigenvalue weighted by atomic mass is 32.1. The molecule has 0 saturated heterocycles. The number of hydrazine groups is 1. The van der Waals surface area contributed by atoms with Crippen LogP contribution in [0.5, 0.6) is 0 Å². The first-order valence-electron chi connectivity index (χ1n) is 4.78. The zero-order valence-corrected chi connectivity index (χ0v) is 9.36. The van der Waals surface area contributed by atoms with Gasteiger partial charge in [0.25, 0.3) is 5.17 Å². The molecule has 3 aliphatic rings. The van der Waals surface area contributed by atoms with E-state index in [1.54, 1.807) is 0 Å². The van der Waals surface area contributed by atoms with Crippen molar-refractivity contribution >= 4 is 23.4 Å². The number of rotatable bonds is 3. The fraction of sp³-hybridized carbons (Fsp3) is 0.778. The molecule has 0 unspecified atom stereocenters. The van der Waals surface area contributed by atoms with Crippen molar-refractivity contribution in [3.05, 3.63) is 0 Å². The van der Waals surface area contributed by atoms with Gasteiger partial charge in [-0.3, -0.25) is 10.2 Å². The Hall–Kier alpha value is -0.880. The van der Waals surface area contributed by atoms with Gasteiger partial charge in [-0.25, -0.2) is 5.84 Å². The molecule has 0 atom stereocenters. The number of methoxy groups -OCH3 is 1. The van der Waals surface area contributed by atoms with Crippen molar-refractivity contribution in [1.29, 1.82) is 0 Å². The Morgan fingerprint density at radius 2 is 2.13 bits per heavy atom. The minimum atomic E-state index is -0.212. The van der Waals surface area contributed by atoms with Crippen molar-refractivity contribution in [2.75, 3.05) is 13.7 Å². The molecular formula is C9H14N2O3S. The van der Waals surface area contributed by atoms with Crippen molar-refractivity contribution in [3.63, 3.8) is 0 Å². The van der Waals surface area contributed by atoms with Crippen molar-refractivity contribution in [2.24, 2.45) is 16.7 Å². The fourth-order valence-corrected chi connectivity index (χ4v) is 2.90. The van der Waals surface area contributed by atoms with Gasteiger partial charge in [-0.2, -0.15) is 0 Å². The maximum atomic E-state index is 11.4. The molecule has 0 aromatic heterocycles. The van der Waals surface area contributed by atoms with Crippen LogP contribution < -0.4 is 11.3 Å². The van der Waals surface area contributed by atoms with Gasteiger partial charge in [-0.1, -0.05) is 0 Å². The van der Waals surface area contributed by atoms with Crippen LogP contribution in [-0.2, 0) is 14.3 Å². The molecule has 0 heterocycles. The number of thiocarbonyl (C=S) groups is 1. The summed E-state index contributed by atoms with van der Waals surface area (Å²) in [6, 6.07) is 0. The molecule has 6 heteroatoms. The number of nitrogens with one attached hydrogen (secondary N) is 1. The van der Waals surface area contributed by atoms with Crippen LogP contribution in [0.4, 0.5) is 0 Å². The van der Waals surface area contributed by atoms with Crippen LogP contribution in [0.15, 0.2) is 0 Å². The molecule has 3 N–H and O–H groups in total. The molecule has 3 rings (SSSR count). The lowest BCUT2D eigenvalue weighted by Crippen LogP contribution is -2.67. The van der Waals surface area contributed by atoms with Gasteiger partial charge in [0.05, 0.1) is 19.1 Å². The van der Waals surface area contributed by atoms with Gasteiger partial charge >= 0.3 is 5.97 Å². The lowest BCUT2D eigenvalue weighted by molar-refractivity contribution is -0.234. The molecule has 0 spiro atoms. The van der Waals surface area contributed by atoms with Crippen molar-refractivity contribution in [2.45, 2.75) is 19.3 Å². The first kappa shape index (κ1) is 10.6. The lowest BCUT2D eigenvalue weighted by atomic mass is 9.35. The molecule has 0 aliphatic heterocycles. The number of esters is 1. The Balaban J connectivity index is 1.78. The summed E-state index contributed by atoms with van der Waals surface area (Å²) in [4.78, 5) is 11.4. The van der Waals surface area contributed by atoms with Crippen LogP contribution in [0.1, 0.15) is 19.3 Å². The normalized spacial score (nSPS) is 35.9. The molecule has 0 amide bonds. The standard InChI is InChI=1S/C9H14N2O3S/c1-13-6(12)9-2-8(3-9,4-9)5-14-7(15)11-10/h2-5,10H2,1H3,(H,11,15). The van der Waals surface area contributed by atoms with Gasteiger partial charge in [0.15, 0.2) is 0 Å². The van der Waals surface area contributed by atoms with E-state index in [2.05, 4.69) is 5.43 Å². The summed E-state index contributed by atoms with van der Waals surface area (Å²) in [6.07, 6.45) is 2.54. The second-order valence-corrected chi connectivity index (χ2v) is 4.89. The Morgan fingerprint density at radius 1 is 1.53 bits per heavy atom. The van der Waals surface area contributed by atoms with Crippen molar-refractivity contribution in [1.82, 2.24) is 5.43 Å². The zero-order chi connectivity index (χ0) is 11.1. The van der Waals surface area contributed by atoms with E-state index in [0.29, 0.717) is 6.61 Å². The summed E-state index contributed by atoms with van der Waals surface area (Å²) in [5.41, 5.74) is 2.19. The summed E-state index contributed by atoms with van der Waals surface area (Å²) < 4.78 is 9.99. The minimum Gasteiger partial charge on any atom is -0.470 e. The summed E-state index contributed by atoms with van der Waals surface area (Å²) in [5, 5.41) is 0.201. The molecule has 5 nitrogen and oxygen atoms in total. The molecule has 84 valence electrons. The smallest absolute Gasteiger partial charge is 0.311 e. The molecule has 0 radical (unpaired) electrons. The van der Waals surface area contributed by atoms with Crippen LogP contribution in [-0.4, -0.2) is 24.9 Å². The van der Waals surface area contributed by atoms with E-state index in [4.69, 9.17) is 27.5 Å². The maximum Gasteiger partial charge on any atom is 0.311 e. The largest absolute Gasteiger partial charge is 0.470 e. The van der Waals surface area contributed by atoms with E-state index in [1.165, 1.54) is 7.11 Å². The zero-order valence-electron chi connectivity index (χ0n) is 8.54. The molecule has 0 aromatic carbocycles. The predicted octanol–water partition coefficient (Wildman–Crippen LogP) is 0.0945. The quantitative estimate of drug-likeness (QED) is 0.310. The van der Waals surface area contributed by atoms with Gasteiger partial charge in [0, 0.05) is 5.41 Å². The molecule has 3 fully saturated rings. The fourth-order valence-electron chi connectivity index (χ4n) is 2.84. The van der Waals surface area contributed by atoms with Crippen molar-refractivity contribution in [3.8, 4) is 0 Å². The molecule has 2 bridgehead atoms. The average molecular weight is 230 g/mol. The molecular weight excluding hydrogens is 216 g/mol.